The third kappa shape index (κ3) is 4.37. The molecule has 2 aromatic carbocycles. The summed E-state index contributed by atoms with van der Waals surface area (Å²) in [5.41, 5.74) is 4.87. The van der Waals surface area contributed by atoms with Crippen LogP contribution in [0.15, 0.2) is 54.9 Å². The minimum absolute atomic E-state index is 0.0544. The Labute approximate surface area is 194 Å². The van der Waals surface area contributed by atoms with Crippen molar-refractivity contribution in [3.8, 4) is 11.4 Å². The molecule has 0 amide bonds. The molecule has 9 heteroatoms. The summed E-state index contributed by atoms with van der Waals surface area (Å²) in [7, 11) is 0. The zero-order valence-electron chi connectivity index (χ0n) is 17.9. The van der Waals surface area contributed by atoms with E-state index in [0.29, 0.717) is 31.5 Å². The number of rotatable bonds is 3. The Morgan fingerprint density at radius 3 is 2.82 bits per heavy atom. The van der Waals surface area contributed by atoms with Crippen molar-refractivity contribution in [1.82, 2.24) is 20.1 Å². The molecule has 2 aliphatic rings. The van der Waals surface area contributed by atoms with Crippen LogP contribution in [0, 0.1) is 5.92 Å². The number of aromatic nitrogens is 3. The molecule has 5 nitrogen and oxygen atoms in total. The van der Waals surface area contributed by atoms with E-state index in [9.17, 15) is 13.2 Å². The van der Waals surface area contributed by atoms with Gasteiger partial charge in [-0.2, -0.15) is 0 Å². The fourth-order valence-corrected chi connectivity index (χ4v) is 5.22. The van der Waals surface area contributed by atoms with Crippen molar-refractivity contribution in [3.05, 3.63) is 77.4 Å². The number of hydrogen-bond donors (Lipinski definition) is 1. The first-order chi connectivity index (χ1) is 15.7. The molecular formula is C24H22ClF3N4O. The number of alkyl halides is 4. The van der Waals surface area contributed by atoms with Gasteiger partial charge in [-0.05, 0) is 59.2 Å². The molecule has 2 unspecified atom stereocenters. The second-order valence-electron chi connectivity index (χ2n) is 8.57. The summed E-state index contributed by atoms with van der Waals surface area (Å²) in [6.07, 6.45) is 0.267. The molecule has 1 aromatic heterocycles. The van der Waals surface area contributed by atoms with Crippen molar-refractivity contribution >= 4 is 17.2 Å². The van der Waals surface area contributed by atoms with E-state index in [1.54, 1.807) is 18.5 Å². The van der Waals surface area contributed by atoms with E-state index < -0.39 is 11.2 Å². The summed E-state index contributed by atoms with van der Waals surface area (Å²) in [5, 5.41) is 11.5. The van der Waals surface area contributed by atoms with Gasteiger partial charge in [-0.25, -0.2) is 0 Å². The number of nitrogens with zero attached hydrogens (tertiary/aromatic N) is 3. The van der Waals surface area contributed by atoms with Crippen LogP contribution in [0.2, 0.25) is 0 Å². The lowest BCUT2D eigenvalue weighted by molar-refractivity contribution is -0.274. The van der Waals surface area contributed by atoms with Crippen molar-refractivity contribution in [2.45, 2.75) is 44.1 Å². The Kier molecular flexibility index (Phi) is 5.45. The number of nitrogens with one attached hydrogen (secondary N) is 1. The average molecular weight is 475 g/mol. The van der Waals surface area contributed by atoms with Gasteiger partial charge in [-0.3, -0.25) is 4.57 Å². The number of hydrogen-bond acceptors (Lipinski definition) is 4. The van der Waals surface area contributed by atoms with E-state index in [0.717, 1.165) is 28.2 Å². The van der Waals surface area contributed by atoms with Crippen LogP contribution < -0.4 is 10.1 Å². The van der Waals surface area contributed by atoms with Crippen LogP contribution in [0.1, 0.15) is 42.3 Å². The summed E-state index contributed by atoms with van der Waals surface area (Å²) in [6.45, 7) is 3.38. The summed E-state index contributed by atoms with van der Waals surface area (Å²) < 4.78 is 43.9. The number of ether oxygens (including phenoxy) is 1. The molecule has 33 heavy (non-hydrogen) atoms. The van der Waals surface area contributed by atoms with E-state index in [1.165, 1.54) is 12.1 Å². The monoisotopic (exact) mass is 474 g/mol. The summed E-state index contributed by atoms with van der Waals surface area (Å²) in [4.78, 5) is -0.597. The van der Waals surface area contributed by atoms with Gasteiger partial charge in [0.05, 0.1) is 17.1 Å². The van der Waals surface area contributed by atoms with Crippen LogP contribution >= 0.6 is 11.6 Å². The van der Waals surface area contributed by atoms with Crippen molar-refractivity contribution in [1.29, 1.82) is 0 Å². The number of allylic oxidation sites excluding steroid dienone is 2. The van der Waals surface area contributed by atoms with Gasteiger partial charge in [0.1, 0.15) is 12.1 Å². The van der Waals surface area contributed by atoms with Crippen LogP contribution in [-0.4, -0.2) is 21.1 Å². The van der Waals surface area contributed by atoms with E-state index in [2.05, 4.69) is 32.4 Å². The summed E-state index contributed by atoms with van der Waals surface area (Å²) >= 11 is 7.16. The maximum absolute atomic E-state index is 12.6. The van der Waals surface area contributed by atoms with Crippen LogP contribution in [0.3, 0.4) is 0 Å². The molecule has 5 rings (SSSR count). The zero-order valence-corrected chi connectivity index (χ0v) is 18.6. The van der Waals surface area contributed by atoms with Gasteiger partial charge >= 0.3 is 6.36 Å². The molecule has 0 fully saturated rings. The van der Waals surface area contributed by atoms with Gasteiger partial charge in [0.2, 0.25) is 0 Å². The van der Waals surface area contributed by atoms with E-state index in [4.69, 9.17) is 11.6 Å². The van der Waals surface area contributed by atoms with Crippen molar-refractivity contribution in [2.24, 2.45) is 5.92 Å². The SMILES string of the molecule is CC1CC(Cl)(c2ccc3c(c2)CNCc2nncn2-3)CC=C1c1cccc(OC(F)(F)F)c1. The third-order valence-electron chi connectivity index (χ3n) is 6.28. The first kappa shape index (κ1) is 22.0. The molecule has 0 bridgehead atoms. The van der Waals surface area contributed by atoms with Crippen molar-refractivity contribution in [3.63, 3.8) is 0 Å². The standard InChI is InChI=1S/C24H22ClF3N4O/c1-15-11-23(25,8-7-20(15)16-3-2-4-19(10-16)33-24(26,27)28)18-5-6-21-17(9-18)12-29-13-22-31-30-14-32(21)22/h2-7,9-10,14-15,29H,8,11-13H2,1H3. The minimum atomic E-state index is -4.72. The predicted molar refractivity (Wildman–Crippen MR) is 119 cm³/mol. The maximum atomic E-state index is 12.6. The lowest BCUT2D eigenvalue weighted by Crippen LogP contribution is -2.26. The quantitative estimate of drug-likeness (QED) is 0.493. The number of fused-ring (bicyclic) bond motifs is 3. The van der Waals surface area contributed by atoms with Crippen molar-refractivity contribution < 1.29 is 17.9 Å². The molecular weight excluding hydrogens is 453 g/mol. The normalized spacial score (nSPS) is 22.7. The molecule has 1 N–H and O–H groups in total. The van der Waals surface area contributed by atoms with Gasteiger partial charge in [-0.15, -0.1) is 35.0 Å². The number of halogens is 4. The highest BCUT2D eigenvalue weighted by atomic mass is 35.5. The largest absolute Gasteiger partial charge is 0.573 e. The topological polar surface area (TPSA) is 52.0 Å². The number of benzene rings is 2. The predicted octanol–water partition coefficient (Wildman–Crippen LogP) is 5.72. The Morgan fingerprint density at radius 2 is 2.03 bits per heavy atom. The molecule has 1 aliphatic carbocycles. The highest BCUT2D eigenvalue weighted by molar-refractivity contribution is 6.24. The molecule has 1 aliphatic heterocycles. The molecule has 3 aromatic rings. The van der Waals surface area contributed by atoms with Crippen molar-refractivity contribution in [2.75, 3.05) is 0 Å². The van der Waals surface area contributed by atoms with E-state index >= 15 is 0 Å². The lowest BCUT2D eigenvalue weighted by Gasteiger charge is -2.36. The molecule has 2 atom stereocenters. The minimum Gasteiger partial charge on any atom is -0.406 e. The molecule has 0 radical (unpaired) electrons. The van der Waals surface area contributed by atoms with Crippen LogP contribution in [0.4, 0.5) is 13.2 Å². The first-order valence-electron chi connectivity index (χ1n) is 10.7. The summed E-state index contributed by atoms with van der Waals surface area (Å²) in [5.74, 6) is 0.693. The van der Waals surface area contributed by atoms with Gasteiger partial charge in [0.25, 0.3) is 0 Å². The van der Waals surface area contributed by atoms with Gasteiger partial charge in [-0.1, -0.05) is 37.3 Å². The lowest BCUT2D eigenvalue weighted by atomic mass is 9.76. The van der Waals surface area contributed by atoms with E-state index in [-0.39, 0.29) is 11.7 Å². The first-order valence-corrected chi connectivity index (χ1v) is 11.1. The summed E-state index contributed by atoms with van der Waals surface area (Å²) in [6, 6.07) is 12.3. The highest BCUT2D eigenvalue weighted by Gasteiger charge is 2.36. The molecule has 2 heterocycles. The highest BCUT2D eigenvalue weighted by Crippen LogP contribution is 2.48. The molecule has 0 saturated carbocycles. The van der Waals surface area contributed by atoms with Gasteiger partial charge in [0.15, 0.2) is 5.82 Å². The maximum Gasteiger partial charge on any atom is 0.573 e. The van der Waals surface area contributed by atoms with E-state index in [1.807, 2.05) is 23.6 Å². The van der Waals surface area contributed by atoms with Crippen LogP contribution in [0.5, 0.6) is 5.75 Å². The Bertz CT molecular complexity index is 1220. The third-order valence-corrected chi connectivity index (χ3v) is 6.81. The second-order valence-corrected chi connectivity index (χ2v) is 9.30. The average Bonchev–Trinajstić information content (AvgIpc) is 3.14. The smallest absolute Gasteiger partial charge is 0.406 e. The zero-order chi connectivity index (χ0) is 23.2. The van der Waals surface area contributed by atoms with Gasteiger partial charge < -0.3 is 10.1 Å². The Hall–Kier alpha value is -2.84. The fourth-order valence-electron chi connectivity index (χ4n) is 4.79. The molecule has 0 spiro atoms. The second kappa shape index (κ2) is 8.18. The fraction of sp³-hybridized carbons (Fsp3) is 0.333. The Morgan fingerprint density at radius 1 is 1.18 bits per heavy atom. The molecule has 172 valence electrons. The van der Waals surface area contributed by atoms with Crippen LogP contribution in [0.25, 0.3) is 11.3 Å². The van der Waals surface area contributed by atoms with Crippen LogP contribution in [-0.2, 0) is 18.0 Å². The molecule has 0 saturated heterocycles. The van der Waals surface area contributed by atoms with Gasteiger partial charge in [0, 0.05) is 6.54 Å². The Balaban J connectivity index is 1.43.